The van der Waals surface area contributed by atoms with Crippen molar-refractivity contribution in [2.75, 3.05) is 18.6 Å². The lowest BCUT2D eigenvalue weighted by Gasteiger charge is -2.26. The quantitative estimate of drug-likeness (QED) is 0.145. The number of rotatable bonds is 14. The van der Waals surface area contributed by atoms with Crippen molar-refractivity contribution in [3.63, 3.8) is 0 Å². The summed E-state index contributed by atoms with van der Waals surface area (Å²) in [5, 5.41) is 25.2. The maximum atomic E-state index is 12.6. The molecule has 0 aromatic carbocycles. The van der Waals surface area contributed by atoms with Crippen LogP contribution in [-0.4, -0.2) is 82.6 Å². The monoisotopic (exact) mass is 449 g/mol. The van der Waals surface area contributed by atoms with Crippen molar-refractivity contribution >= 4 is 41.4 Å². The van der Waals surface area contributed by atoms with Gasteiger partial charge < -0.3 is 37.6 Å². The van der Waals surface area contributed by atoms with E-state index in [1.54, 1.807) is 20.1 Å². The number of hydrogen-bond acceptors (Lipinski definition) is 8. The molecule has 0 fully saturated rings. The third kappa shape index (κ3) is 9.89. The van der Waals surface area contributed by atoms with E-state index in [0.29, 0.717) is 5.75 Å². The molecule has 30 heavy (non-hydrogen) atoms. The maximum absolute atomic E-state index is 12.6. The number of hydrogen-bond donors (Lipinski definition) is 7. The number of amides is 4. The summed E-state index contributed by atoms with van der Waals surface area (Å²) in [6, 6.07) is -5.00. The fraction of sp³-hybridized carbons (Fsp3) is 0.706. The van der Waals surface area contributed by atoms with E-state index >= 15 is 0 Å². The molecule has 0 saturated carbocycles. The average Bonchev–Trinajstić information content (AvgIpc) is 2.66. The van der Waals surface area contributed by atoms with Crippen LogP contribution >= 0.6 is 11.8 Å². The molecule has 4 atom stereocenters. The van der Waals surface area contributed by atoms with Crippen LogP contribution in [0.4, 0.5) is 0 Å². The van der Waals surface area contributed by atoms with Gasteiger partial charge in [0, 0.05) is 0 Å². The summed E-state index contributed by atoms with van der Waals surface area (Å²) < 4.78 is 0. The van der Waals surface area contributed by atoms with Gasteiger partial charge in [0.15, 0.2) is 0 Å². The fourth-order valence-electron chi connectivity index (χ4n) is 2.32. The van der Waals surface area contributed by atoms with Crippen LogP contribution in [0, 0.1) is 5.92 Å². The molecule has 0 rings (SSSR count). The molecule has 0 aliphatic carbocycles. The van der Waals surface area contributed by atoms with Crippen molar-refractivity contribution in [1.29, 1.82) is 0 Å². The molecule has 0 saturated heterocycles. The number of thioether (sulfide) groups is 1. The van der Waals surface area contributed by atoms with Crippen LogP contribution in [-0.2, 0) is 24.0 Å². The molecule has 0 bridgehead atoms. The van der Waals surface area contributed by atoms with Gasteiger partial charge in [-0.05, 0) is 24.3 Å². The van der Waals surface area contributed by atoms with Crippen molar-refractivity contribution < 1.29 is 34.2 Å². The molecule has 0 radical (unpaired) electrons. The minimum Gasteiger partial charge on any atom is -0.480 e. The minimum atomic E-state index is -1.43. The lowest BCUT2D eigenvalue weighted by atomic mass is 10.0. The predicted molar refractivity (Wildman–Crippen MR) is 110 cm³/mol. The molecular weight excluding hydrogens is 418 g/mol. The topological polar surface area (TPSA) is 214 Å². The van der Waals surface area contributed by atoms with Gasteiger partial charge in [0.05, 0.1) is 13.0 Å². The Morgan fingerprint density at radius 2 is 1.53 bits per heavy atom. The van der Waals surface area contributed by atoms with Gasteiger partial charge >= 0.3 is 5.97 Å². The van der Waals surface area contributed by atoms with Gasteiger partial charge in [0.25, 0.3) is 0 Å². The summed E-state index contributed by atoms with van der Waals surface area (Å²) in [4.78, 5) is 59.8. The number of aliphatic hydroxyl groups excluding tert-OH is 1. The first-order valence-electron chi connectivity index (χ1n) is 9.22. The molecule has 172 valence electrons. The largest absolute Gasteiger partial charge is 0.480 e. The molecule has 4 amide bonds. The SMILES string of the molecule is CSCCC(NC(=O)C(CC(N)=O)NC(=O)C(NC(=O)C(N)CO)C(C)C)C(=O)O. The number of primary amides is 1. The van der Waals surface area contributed by atoms with Crippen molar-refractivity contribution in [3.05, 3.63) is 0 Å². The highest BCUT2D eigenvalue weighted by atomic mass is 32.2. The van der Waals surface area contributed by atoms with Gasteiger partial charge in [0.2, 0.25) is 23.6 Å². The van der Waals surface area contributed by atoms with Crippen LogP contribution < -0.4 is 27.4 Å². The average molecular weight is 450 g/mol. The summed E-state index contributed by atoms with van der Waals surface area (Å²) >= 11 is 1.39. The van der Waals surface area contributed by atoms with E-state index in [1.807, 2.05) is 0 Å². The van der Waals surface area contributed by atoms with E-state index in [0.717, 1.165) is 0 Å². The zero-order valence-corrected chi connectivity index (χ0v) is 18.0. The van der Waals surface area contributed by atoms with Crippen LogP contribution in [0.1, 0.15) is 26.7 Å². The Morgan fingerprint density at radius 1 is 0.967 bits per heavy atom. The second-order valence-electron chi connectivity index (χ2n) is 6.93. The molecule has 0 aliphatic heterocycles. The third-order valence-electron chi connectivity index (χ3n) is 4.04. The van der Waals surface area contributed by atoms with Crippen LogP contribution in [0.15, 0.2) is 0 Å². The Kier molecular flexibility index (Phi) is 12.7. The van der Waals surface area contributed by atoms with Gasteiger partial charge in [-0.25, -0.2) is 4.79 Å². The Morgan fingerprint density at radius 3 is 1.97 bits per heavy atom. The highest BCUT2D eigenvalue weighted by Gasteiger charge is 2.32. The number of nitrogens with one attached hydrogen (secondary N) is 3. The van der Waals surface area contributed by atoms with Gasteiger partial charge in [-0.3, -0.25) is 19.2 Å². The van der Waals surface area contributed by atoms with Crippen LogP contribution in [0.3, 0.4) is 0 Å². The Bertz CT molecular complexity index is 632. The molecule has 0 aliphatic rings. The summed E-state index contributed by atoms with van der Waals surface area (Å²) in [7, 11) is 0. The molecule has 0 spiro atoms. The number of carboxylic acid groups (broad SMARTS) is 1. The molecule has 9 N–H and O–H groups in total. The normalized spacial score (nSPS) is 14.9. The van der Waals surface area contributed by atoms with Crippen LogP contribution in [0.2, 0.25) is 0 Å². The second-order valence-corrected chi connectivity index (χ2v) is 7.92. The minimum absolute atomic E-state index is 0.142. The highest BCUT2D eigenvalue weighted by Crippen LogP contribution is 2.06. The van der Waals surface area contributed by atoms with Crippen molar-refractivity contribution in [1.82, 2.24) is 16.0 Å². The third-order valence-corrected chi connectivity index (χ3v) is 4.69. The van der Waals surface area contributed by atoms with E-state index in [1.165, 1.54) is 11.8 Å². The first-order valence-corrected chi connectivity index (χ1v) is 10.6. The molecular formula is C17H31N5O7S. The Balaban J connectivity index is 5.38. The Labute approximate surface area is 178 Å². The van der Waals surface area contributed by atoms with Crippen molar-refractivity contribution in [2.45, 2.75) is 50.9 Å². The number of nitrogens with two attached hydrogens (primary N) is 2. The van der Waals surface area contributed by atoms with E-state index < -0.39 is 72.7 Å². The van der Waals surface area contributed by atoms with E-state index in [9.17, 15) is 29.1 Å². The predicted octanol–water partition coefficient (Wildman–Crippen LogP) is -2.87. The van der Waals surface area contributed by atoms with Crippen LogP contribution in [0.5, 0.6) is 0 Å². The molecule has 4 unspecified atom stereocenters. The highest BCUT2D eigenvalue weighted by molar-refractivity contribution is 7.98. The summed E-state index contributed by atoms with van der Waals surface area (Å²) in [5.41, 5.74) is 10.6. The lowest BCUT2D eigenvalue weighted by Crippen LogP contribution is -2.59. The fourth-order valence-corrected chi connectivity index (χ4v) is 2.79. The molecule has 12 nitrogen and oxygen atoms in total. The molecule has 13 heteroatoms. The zero-order valence-electron chi connectivity index (χ0n) is 17.2. The van der Waals surface area contributed by atoms with Gasteiger partial charge in [-0.2, -0.15) is 11.8 Å². The number of carbonyl (C=O) groups excluding carboxylic acids is 4. The van der Waals surface area contributed by atoms with Crippen molar-refractivity contribution in [2.24, 2.45) is 17.4 Å². The molecule has 0 aromatic heterocycles. The van der Waals surface area contributed by atoms with Gasteiger partial charge in [-0.15, -0.1) is 0 Å². The number of aliphatic carboxylic acids is 1. The molecule has 0 heterocycles. The molecule has 0 aromatic rings. The van der Waals surface area contributed by atoms with E-state index in [4.69, 9.17) is 16.6 Å². The first kappa shape index (κ1) is 27.6. The van der Waals surface area contributed by atoms with Gasteiger partial charge in [0.1, 0.15) is 24.2 Å². The number of carbonyl (C=O) groups is 5. The summed E-state index contributed by atoms with van der Waals surface area (Å²) in [5.74, 6) is -4.56. The smallest absolute Gasteiger partial charge is 0.326 e. The first-order chi connectivity index (χ1) is 13.9. The lowest BCUT2D eigenvalue weighted by molar-refractivity contribution is -0.142. The summed E-state index contributed by atoms with van der Waals surface area (Å²) in [6.07, 6.45) is 1.35. The zero-order chi connectivity index (χ0) is 23.4. The van der Waals surface area contributed by atoms with Crippen molar-refractivity contribution in [3.8, 4) is 0 Å². The van der Waals surface area contributed by atoms with Gasteiger partial charge in [-0.1, -0.05) is 13.8 Å². The summed E-state index contributed by atoms with van der Waals surface area (Å²) in [6.45, 7) is 2.62. The Hall–Kier alpha value is -2.38. The maximum Gasteiger partial charge on any atom is 0.326 e. The van der Waals surface area contributed by atoms with Crippen LogP contribution in [0.25, 0.3) is 0 Å². The standard InChI is InChI=1S/C17H31N5O7S/c1-8(2)13(22-14(25)9(18)7-23)16(27)21-11(6-12(19)24)15(26)20-10(17(28)29)4-5-30-3/h8-11,13,23H,4-7,18H2,1-3H3,(H2,19,24)(H,20,26)(H,21,27)(H,22,25)(H,28,29). The van der Waals surface area contributed by atoms with E-state index in [2.05, 4.69) is 16.0 Å². The number of carboxylic acids is 1. The number of aliphatic hydroxyl groups is 1. The van der Waals surface area contributed by atoms with E-state index in [-0.39, 0.29) is 6.42 Å². The second kappa shape index (κ2) is 13.8.